The van der Waals surface area contributed by atoms with E-state index in [9.17, 15) is 9.18 Å². The van der Waals surface area contributed by atoms with Crippen molar-refractivity contribution in [1.29, 1.82) is 0 Å². The summed E-state index contributed by atoms with van der Waals surface area (Å²) in [4.78, 5) is 27.3. The van der Waals surface area contributed by atoms with E-state index in [0.29, 0.717) is 17.2 Å². The van der Waals surface area contributed by atoms with Gasteiger partial charge < -0.3 is 0 Å². The summed E-state index contributed by atoms with van der Waals surface area (Å²) in [7, 11) is 0. The Hall–Kier alpha value is -2.89. The Morgan fingerprint density at radius 2 is 1.89 bits per heavy atom. The molecule has 1 saturated heterocycles. The molecule has 2 aliphatic rings. The Morgan fingerprint density at radius 1 is 1.19 bits per heavy atom. The van der Waals surface area contributed by atoms with Gasteiger partial charge in [-0.15, -0.1) is 0 Å². The highest BCUT2D eigenvalue weighted by atomic mass is 19.1. The van der Waals surface area contributed by atoms with Crippen LogP contribution < -0.4 is 4.90 Å². The van der Waals surface area contributed by atoms with Crippen molar-refractivity contribution >= 4 is 17.3 Å². The van der Waals surface area contributed by atoms with Gasteiger partial charge in [-0.05, 0) is 38.0 Å². The number of fused-ring (bicyclic) bond motifs is 1. The minimum absolute atomic E-state index is 0.0197. The summed E-state index contributed by atoms with van der Waals surface area (Å²) in [6.07, 6.45) is 8.37. The van der Waals surface area contributed by atoms with Crippen LogP contribution in [0.2, 0.25) is 0 Å². The molecule has 1 unspecified atom stereocenters. The zero-order chi connectivity index (χ0) is 19.3. The third kappa shape index (κ3) is 2.76. The van der Waals surface area contributed by atoms with Crippen LogP contribution >= 0.6 is 0 Å². The van der Waals surface area contributed by atoms with Crippen LogP contribution in [0.4, 0.5) is 10.2 Å². The van der Waals surface area contributed by atoms with Crippen LogP contribution in [0.3, 0.4) is 0 Å². The molecule has 1 fully saturated rings. The van der Waals surface area contributed by atoms with Crippen molar-refractivity contribution in [1.82, 2.24) is 15.0 Å². The molecular formula is C21H21FN4O. The molecule has 1 atom stereocenters. The summed E-state index contributed by atoms with van der Waals surface area (Å²) in [5.41, 5.74) is 2.58. The summed E-state index contributed by atoms with van der Waals surface area (Å²) in [5, 5.41) is 0. The van der Waals surface area contributed by atoms with Gasteiger partial charge in [0.15, 0.2) is 0 Å². The number of nitrogens with zero attached hydrogens (tertiary/aromatic N) is 4. The van der Waals surface area contributed by atoms with Gasteiger partial charge in [-0.3, -0.25) is 9.69 Å². The van der Waals surface area contributed by atoms with Gasteiger partial charge in [0.1, 0.15) is 11.6 Å². The summed E-state index contributed by atoms with van der Waals surface area (Å²) in [5.74, 6) is 0.432. The second kappa shape index (κ2) is 6.08. The van der Waals surface area contributed by atoms with Crippen molar-refractivity contribution < 1.29 is 9.18 Å². The molecule has 27 heavy (non-hydrogen) atoms. The maximum atomic E-state index is 14.1. The van der Waals surface area contributed by atoms with Crippen molar-refractivity contribution in [2.75, 3.05) is 4.90 Å². The third-order valence-electron chi connectivity index (χ3n) is 5.48. The maximum absolute atomic E-state index is 14.1. The molecule has 2 aromatic rings. The molecule has 5 nitrogen and oxygen atoms in total. The van der Waals surface area contributed by atoms with Crippen LogP contribution in [0.25, 0.3) is 5.57 Å². The SMILES string of the molecule is Cc1ncc(C2=CCC3C(=C2)N(c2ccc(C)c(F)n2)C(=O)C3(C)C)cn1. The Bertz CT molecular complexity index is 992. The highest BCUT2D eigenvalue weighted by Crippen LogP contribution is 2.50. The van der Waals surface area contributed by atoms with E-state index in [1.165, 1.54) is 0 Å². The molecule has 1 amide bonds. The molecule has 0 bridgehead atoms. The first-order chi connectivity index (χ1) is 12.8. The number of aromatic nitrogens is 3. The number of hydrogen-bond acceptors (Lipinski definition) is 4. The number of carbonyl (C=O) groups is 1. The van der Waals surface area contributed by atoms with Gasteiger partial charge in [0.2, 0.25) is 11.9 Å². The van der Waals surface area contributed by atoms with Gasteiger partial charge >= 0.3 is 0 Å². The molecule has 0 N–H and O–H groups in total. The topological polar surface area (TPSA) is 59.0 Å². The minimum atomic E-state index is -0.583. The zero-order valence-electron chi connectivity index (χ0n) is 15.8. The molecule has 4 rings (SSSR count). The molecule has 0 spiro atoms. The van der Waals surface area contributed by atoms with Crippen molar-refractivity contribution in [2.24, 2.45) is 11.3 Å². The number of aryl methyl sites for hydroxylation is 2. The standard InChI is InChI=1S/C21H21FN4O/c1-12-5-8-18(25-19(12)22)26-17-9-14(15-10-23-13(2)24-11-15)6-7-16(17)21(3,4)20(26)27/h5-6,8-11,16H,7H2,1-4H3. The number of carbonyl (C=O) groups excluding carboxylic acids is 1. The van der Waals surface area contributed by atoms with E-state index in [4.69, 9.17) is 0 Å². The van der Waals surface area contributed by atoms with E-state index in [1.54, 1.807) is 36.4 Å². The highest BCUT2D eigenvalue weighted by Gasteiger charge is 2.51. The van der Waals surface area contributed by atoms with Crippen LogP contribution in [0, 0.1) is 31.1 Å². The molecule has 3 heterocycles. The van der Waals surface area contributed by atoms with Crippen LogP contribution in [0.15, 0.2) is 42.4 Å². The number of hydrogen-bond donors (Lipinski definition) is 0. The summed E-state index contributed by atoms with van der Waals surface area (Å²) < 4.78 is 14.1. The normalized spacial score (nSPS) is 21.0. The lowest BCUT2D eigenvalue weighted by atomic mass is 9.75. The Kier molecular flexibility index (Phi) is 3.94. The van der Waals surface area contributed by atoms with Gasteiger partial charge in [0.25, 0.3) is 0 Å². The smallest absolute Gasteiger partial charge is 0.238 e. The predicted octanol–water partition coefficient (Wildman–Crippen LogP) is 3.99. The van der Waals surface area contributed by atoms with Crippen molar-refractivity contribution in [3.8, 4) is 0 Å². The van der Waals surface area contributed by atoms with Gasteiger partial charge in [0.05, 0.1) is 5.41 Å². The lowest BCUT2D eigenvalue weighted by molar-refractivity contribution is -0.125. The number of allylic oxidation sites excluding steroid dienone is 4. The summed E-state index contributed by atoms with van der Waals surface area (Å²) in [6, 6.07) is 3.35. The fraction of sp³-hybridized carbons (Fsp3) is 0.333. The van der Waals surface area contributed by atoms with Crippen LogP contribution in [0.5, 0.6) is 0 Å². The first-order valence-electron chi connectivity index (χ1n) is 8.97. The third-order valence-corrected chi connectivity index (χ3v) is 5.48. The number of amides is 1. The lowest BCUT2D eigenvalue weighted by Crippen LogP contribution is -2.32. The van der Waals surface area contributed by atoms with E-state index in [2.05, 4.69) is 21.0 Å². The Morgan fingerprint density at radius 3 is 2.56 bits per heavy atom. The largest absolute Gasteiger partial charge is 0.273 e. The fourth-order valence-corrected chi connectivity index (χ4v) is 3.72. The molecule has 2 aromatic heterocycles. The van der Waals surface area contributed by atoms with Gasteiger partial charge in [0, 0.05) is 35.1 Å². The lowest BCUT2D eigenvalue weighted by Gasteiger charge is -2.25. The van der Waals surface area contributed by atoms with E-state index < -0.39 is 11.4 Å². The number of halogens is 1. The van der Waals surface area contributed by atoms with Crippen molar-refractivity contribution in [2.45, 2.75) is 34.1 Å². The molecular weight excluding hydrogens is 343 g/mol. The first-order valence-corrected chi connectivity index (χ1v) is 8.97. The average Bonchev–Trinajstić information content (AvgIpc) is 2.84. The van der Waals surface area contributed by atoms with Gasteiger partial charge in [-0.25, -0.2) is 15.0 Å². The van der Waals surface area contributed by atoms with Gasteiger partial charge in [-0.1, -0.05) is 26.0 Å². The van der Waals surface area contributed by atoms with Crippen LogP contribution in [-0.2, 0) is 4.79 Å². The Labute approximate surface area is 157 Å². The second-order valence-corrected chi connectivity index (χ2v) is 7.68. The highest BCUT2D eigenvalue weighted by molar-refractivity contribution is 6.04. The minimum Gasteiger partial charge on any atom is -0.273 e. The molecule has 6 heteroatoms. The van der Waals surface area contributed by atoms with E-state index in [-0.39, 0.29) is 11.8 Å². The second-order valence-electron chi connectivity index (χ2n) is 7.68. The average molecular weight is 364 g/mol. The van der Waals surface area contributed by atoms with E-state index >= 15 is 0 Å². The maximum Gasteiger partial charge on any atom is 0.238 e. The van der Waals surface area contributed by atoms with Crippen LogP contribution in [0.1, 0.15) is 37.2 Å². The van der Waals surface area contributed by atoms with E-state index in [1.807, 2.05) is 26.8 Å². The van der Waals surface area contributed by atoms with Crippen LogP contribution in [-0.4, -0.2) is 20.9 Å². The predicted molar refractivity (Wildman–Crippen MR) is 101 cm³/mol. The Balaban J connectivity index is 1.81. The monoisotopic (exact) mass is 364 g/mol. The molecule has 1 aliphatic heterocycles. The number of anilines is 1. The van der Waals surface area contributed by atoms with Crippen molar-refractivity contribution in [3.63, 3.8) is 0 Å². The molecule has 138 valence electrons. The molecule has 1 aliphatic carbocycles. The molecule has 0 saturated carbocycles. The molecule has 0 radical (unpaired) electrons. The molecule has 0 aromatic carbocycles. The summed E-state index contributed by atoms with van der Waals surface area (Å²) in [6.45, 7) is 7.37. The number of pyridine rings is 1. The quantitative estimate of drug-likeness (QED) is 0.756. The summed E-state index contributed by atoms with van der Waals surface area (Å²) >= 11 is 0. The van der Waals surface area contributed by atoms with Gasteiger partial charge in [-0.2, -0.15) is 4.39 Å². The van der Waals surface area contributed by atoms with Crippen molar-refractivity contribution in [3.05, 3.63) is 65.3 Å². The van der Waals surface area contributed by atoms with E-state index in [0.717, 1.165) is 23.3 Å². The zero-order valence-corrected chi connectivity index (χ0v) is 15.8. The fourth-order valence-electron chi connectivity index (χ4n) is 3.72. The first kappa shape index (κ1) is 17.5. The number of rotatable bonds is 2.